The minimum absolute atomic E-state index is 0.0140. The van der Waals surface area contributed by atoms with Gasteiger partial charge < -0.3 is 14.2 Å². The average Bonchev–Trinajstić information content (AvgIpc) is 3.35. The molecule has 11 nitrogen and oxygen atoms in total. The molecule has 1 N–H and O–H groups in total. The van der Waals surface area contributed by atoms with Crippen LogP contribution in [0.2, 0.25) is 0 Å². The maximum atomic E-state index is 15.0. The fourth-order valence-electron chi connectivity index (χ4n) is 3.72. The van der Waals surface area contributed by atoms with E-state index in [0.29, 0.717) is 5.69 Å². The second kappa shape index (κ2) is 9.95. The largest absolute Gasteiger partial charge is 0.438 e. The Morgan fingerprint density at radius 2 is 2.03 bits per heavy atom. The summed E-state index contributed by atoms with van der Waals surface area (Å²) in [5.41, 5.74) is 3.17. The molecule has 2 fully saturated rings. The number of carbonyl (C=O) groups is 3. The summed E-state index contributed by atoms with van der Waals surface area (Å²) in [7, 11) is 0. The number of cyclic esters (lactones) is 1. The first-order chi connectivity index (χ1) is 16.3. The molecule has 0 saturated carbocycles. The van der Waals surface area contributed by atoms with Crippen molar-refractivity contribution in [3.8, 4) is 0 Å². The molecule has 3 heterocycles. The molecule has 2 aliphatic rings. The van der Waals surface area contributed by atoms with Crippen molar-refractivity contribution in [1.82, 2.24) is 15.6 Å². The molecule has 2 aliphatic heterocycles. The van der Waals surface area contributed by atoms with Gasteiger partial charge in [-0.3, -0.25) is 19.5 Å². The van der Waals surface area contributed by atoms with Gasteiger partial charge in [-0.05, 0) is 0 Å². The summed E-state index contributed by atoms with van der Waals surface area (Å²) in [6.45, 7) is 2.10. The molecular weight excluding hydrogens is 454 g/mol. The highest BCUT2D eigenvalue weighted by Crippen LogP contribution is 2.31. The first-order valence-electron chi connectivity index (χ1n) is 10.5. The molecule has 13 heteroatoms. The minimum atomic E-state index is -0.856. The number of nitrogens with one attached hydrogen (secondary N) is 1. The topological polar surface area (TPSA) is 121 Å². The third-order valence-electron chi connectivity index (χ3n) is 5.29. The number of anilines is 2. The van der Waals surface area contributed by atoms with Crippen LogP contribution in [-0.2, 0) is 20.7 Å². The molecule has 3 amide bonds. The van der Waals surface area contributed by atoms with Crippen molar-refractivity contribution < 1.29 is 32.4 Å². The van der Waals surface area contributed by atoms with Gasteiger partial charge in [-0.1, -0.05) is 5.16 Å². The Morgan fingerprint density at radius 1 is 1.26 bits per heavy atom. The van der Waals surface area contributed by atoms with Gasteiger partial charge >= 0.3 is 6.09 Å². The van der Waals surface area contributed by atoms with Crippen molar-refractivity contribution in [2.75, 3.05) is 42.5 Å². The maximum Gasteiger partial charge on any atom is 0.415 e. The lowest BCUT2D eigenvalue weighted by Gasteiger charge is -2.25. The SMILES string of the molecule is CC(=O)N=C[C@H]1CN(c2cc(F)c(N3CCNN(C(=O)Cc4ccon4)CC3)c(F)c2)C(=O)O1. The van der Waals surface area contributed by atoms with Crippen molar-refractivity contribution in [2.24, 2.45) is 4.99 Å². The number of benzene rings is 1. The normalized spacial score (nSPS) is 19.0. The quantitative estimate of drug-likeness (QED) is 0.641. The zero-order valence-corrected chi connectivity index (χ0v) is 18.2. The molecule has 1 aromatic heterocycles. The van der Waals surface area contributed by atoms with Crippen LogP contribution in [0.25, 0.3) is 0 Å². The molecule has 0 unspecified atom stereocenters. The summed E-state index contributed by atoms with van der Waals surface area (Å²) >= 11 is 0. The summed E-state index contributed by atoms with van der Waals surface area (Å²) in [4.78, 5) is 41.7. The van der Waals surface area contributed by atoms with Crippen LogP contribution in [0.15, 0.2) is 34.0 Å². The van der Waals surface area contributed by atoms with Gasteiger partial charge in [0.2, 0.25) is 11.8 Å². The number of rotatable bonds is 5. The fraction of sp³-hybridized carbons (Fsp3) is 0.381. The third-order valence-corrected chi connectivity index (χ3v) is 5.29. The van der Waals surface area contributed by atoms with Crippen molar-refractivity contribution in [1.29, 1.82) is 0 Å². The van der Waals surface area contributed by atoms with Gasteiger partial charge in [-0.25, -0.2) is 24.0 Å². The maximum absolute atomic E-state index is 15.0. The summed E-state index contributed by atoms with van der Waals surface area (Å²) < 4.78 is 39.8. The van der Waals surface area contributed by atoms with E-state index in [1.807, 2.05) is 0 Å². The van der Waals surface area contributed by atoms with E-state index in [9.17, 15) is 14.4 Å². The van der Waals surface area contributed by atoms with Gasteiger partial charge in [-0.15, -0.1) is 0 Å². The van der Waals surface area contributed by atoms with E-state index in [0.717, 1.165) is 17.0 Å². The Labute approximate surface area is 192 Å². The van der Waals surface area contributed by atoms with Crippen LogP contribution in [0.4, 0.5) is 25.0 Å². The summed E-state index contributed by atoms with van der Waals surface area (Å²) in [5.74, 6) is -2.42. The van der Waals surface area contributed by atoms with Gasteiger partial charge in [0.05, 0.1) is 37.1 Å². The predicted molar refractivity (Wildman–Crippen MR) is 115 cm³/mol. The summed E-state index contributed by atoms with van der Waals surface area (Å²) in [6, 6.07) is 3.69. The zero-order chi connectivity index (χ0) is 24.2. The first-order valence-corrected chi connectivity index (χ1v) is 10.5. The lowest BCUT2D eigenvalue weighted by molar-refractivity contribution is -0.133. The Hall–Kier alpha value is -3.87. The lowest BCUT2D eigenvalue weighted by atomic mass is 10.2. The number of nitrogens with zero attached hydrogens (tertiary/aromatic N) is 5. The number of hydrazine groups is 1. The van der Waals surface area contributed by atoms with E-state index in [2.05, 4.69) is 15.6 Å². The lowest BCUT2D eigenvalue weighted by Crippen LogP contribution is -2.44. The average molecular weight is 476 g/mol. The van der Waals surface area contributed by atoms with Gasteiger partial charge in [0, 0.05) is 44.8 Å². The number of carbonyl (C=O) groups excluding carboxylic acids is 3. The highest BCUT2D eigenvalue weighted by molar-refractivity contribution is 5.94. The summed E-state index contributed by atoms with van der Waals surface area (Å²) in [5, 5.41) is 5.10. The third kappa shape index (κ3) is 5.20. The molecular formula is C21H22F2N6O5. The fourth-order valence-corrected chi connectivity index (χ4v) is 3.72. The molecule has 180 valence electrons. The van der Waals surface area contributed by atoms with Crippen LogP contribution >= 0.6 is 0 Å². The number of ether oxygens (including phenoxy) is 1. The monoisotopic (exact) mass is 476 g/mol. The molecule has 1 aromatic carbocycles. The van der Waals surface area contributed by atoms with Gasteiger partial charge in [0.1, 0.15) is 12.0 Å². The standard InChI is InChI=1S/C21H22F2N6O5/c1-13(30)24-11-16-12-28(21(32)34-16)15-9-17(22)20(18(23)10-15)27-4-3-25-29(6-5-27)19(31)8-14-2-7-33-26-14/h2,7,9-11,16,25H,3-6,8,12H2,1H3/t16-/m0/s1. The number of aromatic nitrogens is 1. The van der Waals surface area contributed by atoms with E-state index in [1.165, 1.54) is 29.3 Å². The van der Waals surface area contributed by atoms with Gasteiger partial charge in [0.15, 0.2) is 17.7 Å². The molecule has 2 aromatic rings. The summed E-state index contributed by atoms with van der Waals surface area (Å²) in [6.07, 6.45) is 0.981. The second-order valence-electron chi connectivity index (χ2n) is 7.70. The molecule has 0 spiro atoms. The van der Waals surface area contributed by atoms with Crippen LogP contribution in [-0.4, -0.2) is 73.1 Å². The van der Waals surface area contributed by atoms with E-state index in [-0.39, 0.29) is 56.4 Å². The highest BCUT2D eigenvalue weighted by Gasteiger charge is 2.33. The van der Waals surface area contributed by atoms with Crippen LogP contribution in [0.1, 0.15) is 12.6 Å². The second-order valence-corrected chi connectivity index (χ2v) is 7.70. The molecule has 2 saturated heterocycles. The zero-order valence-electron chi connectivity index (χ0n) is 18.2. The number of hydrogen-bond acceptors (Lipinski definition) is 8. The Kier molecular flexibility index (Phi) is 6.82. The molecule has 0 aliphatic carbocycles. The van der Waals surface area contributed by atoms with Crippen LogP contribution < -0.4 is 15.2 Å². The minimum Gasteiger partial charge on any atom is -0.438 e. The predicted octanol–water partition coefficient (Wildman–Crippen LogP) is 1.29. The highest BCUT2D eigenvalue weighted by atomic mass is 19.1. The van der Waals surface area contributed by atoms with E-state index in [1.54, 1.807) is 6.07 Å². The first kappa shape index (κ1) is 23.3. The van der Waals surface area contributed by atoms with Crippen LogP contribution in [0.3, 0.4) is 0 Å². The number of amides is 3. The van der Waals surface area contributed by atoms with E-state index < -0.39 is 29.7 Å². The number of halogens is 2. The molecule has 0 radical (unpaired) electrons. The number of hydrogen-bond donors (Lipinski definition) is 1. The van der Waals surface area contributed by atoms with Crippen molar-refractivity contribution in [3.63, 3.8) is 0 Å². The molecule has 34 heavy (non-hydrogen) atoms. The van der Waals surface area contributed by atoms with Crippen molar-refractivity contribution in [2.45, 2.75) is 19.4 Å². The van der Waals surface area contributed by atoms with Crippen molar-refractivity contribution >= 4 is 35.5 Å². The molecule has 4 rings (SSSR count). The Bertz CT molecular complexity index is 1090. The van der Waals surface area contributed by atoms with Crippen LogP contribution in [0.5, 0.6) is 0 Å². The Balaban J connectivity index is 1.44. The molecule has 0 bridgehead atoms. The van der Waals surface area contributed by atoms with Crippen LogP contribution in [0, 0.1) is 11.6 Å². The van der Waals surface area contributed by atoms with Gasteiger partial charge in [0.25, 0.3) is 0 Å². The van der Waals surface area contributed by atoms with Crippen molar-refractivity contribution in [3.05, 3.63) is 41.8 Å². The Morgan fingerprint density at radius 3 is 2.71 bits per heavy atom. The van der Waals surface area contributed by atoms with E-state index >= 15 is 8.78 Å². The van der Waals surface area contributed by atoms with E-state index in [4.69, 9.17) is 9.26 Å². The molecule has 1 atom stereocenters. The smallest absolute Gasteiger partial charge is 0.415 e. The van der Waals surface area contributed by atoms with Gasteiger partial charge in [-0.2, -0.15) is 0 Å². The number of aliphatic imine (C=N–C) groups is 1.